The van der Waals surface area contributed by atoms with Crippen LogP contribution in [0, 0.1) is 3.57 Å². The molecule has 0 spiro atoms. The average molecular weight is 640 g/mol. The molecule has 0 fully saturated rings. The van der Waals surface area contributed by atoms with E-state index in [2.05, 4.69) is 40.0 Å². The fourth-order valence-corrected chi connectivity index (χ4v) is 4.99. The number of nitrogens with one attached hydrogen (secondary N) is 1. The van der Waals surface area contributed by atoms with Crippen LogP contribution in [0.3, 0.4) is 0 Å². The number of ether oxygens (including phenoxy) is 2. The van der Waals surface area contributed by atoms with Gasteiger partial charge in [-0.25, -0.2) is 9.78 Å². The number of rotatable bonds is 5. The molecule has 2 heterocycles. The number of nitrogens with zero attached hydrogens (tertiary/aromatic N) is 2. The minimum absolute atomic E-state index is 0.451. The van der Waals surface area contributed by atoms with Gasteiger partial charge in [-0.15, -0.1) is 0 Å². The van der Waals surface area contributed by atoms with Crippen molar-refractivity contribution in [3.05, 3.63) is 87.1 Å². The van der Waals surface area contributed by atoms with Gasteiger partial charge in [-0.05, 0) is 116 Å². The van der Waals surface area contributed by atoms with Crippen molar-refractivity contribution in [2.24, 2.45) is 0 Å². The number of pyridine rings is 1. The standard InChI is InChI=1S/C30H27ClIN3O3/c1-30(2,3)38-29(36)35-17-25(24-14-19(31)5-12-28(24)35)27-13-18(23-15-20(32)6-11-26(23)34-27)16-33-21-7-9-22(37-4)10-8-21/h5-15,17,33H,16H2,1-4H3. The molecule has 0 radical (unpaired) electrons. The summed E-state index contributed by atoms with van der Waals surface area (Å²) in [6.07, 6.45) is 1.34. The minimum Gasteiger partial charge on any atom is -0.497 e. The van der Waals surface area contributed by atoms with Crippen LogP contribution in [0.25, 0.3) is 33.1 Å². The van der Waals surface area contributed by atoms with Gasteiger partial charge < -0.3 is 14.8 Å². The maximum atomic E-state index is 13.1. The zero-order valence-electron chi connectivity index (χ0n) is 21.5. The molecule has 3 aromatic carbocycles. The zero-order valence-corrected chi connectivity index (χ0v) is 24.4. The van der Waals surface area contributed by atoms with Crippen LogP contribution >= 0.6 is 34.2 Å². The summed E-state index contributed by atoms with van der Waals surface area (Å²) in [5.41, 5.74) is 4.57. The lowest BCUT2D eigenvalue weighted by Gasteiger charge is -2.19. The third kappa shape index (κ3) is 5.59. The molecule has 0 unspecified atom stereocenters. The van der Waals surface area contributed by atoms with Crippen LogP contribution in [0.2, 0.25) is 5.02 Å². The Bertz CT molecular complexity index is 1660. The van der Waals surface area contributed by atoms with E-state index in [9.17, 15) is 4.79 Å². The van der Waals surface area contributed by atoms with Gasteiger partial charge in [-0.1, -0.05) is 11.6 Å². The van der Waals surface area contributed by atoms with Crippen molar-refractivity contribution >= 4 is 67.8 Å². The molecule has 8 heteroatoms. The van der Waals surface area contributed by atoms with E-state index in [0.29, 0.717) is 17.1 Å². The highest BCUT2D eigenvalue weighted by Crippen LogP contribution is 2.35. The molecule has 0 aliphatic heterocycles. The van der Waals surface area contributed by atoms with Crippen LogP contribution < -0.4 is 10.1 Å². The maximum Gasteiger partial charge on any atom is 0.419 e. The Kier molecular flexibility index (Phi) is 7.24. The molecule has 5 rings (SSSR count). The maximum absolute atomic E-state index is 13.1. The second kappa shape index (κ2) is 10.5. The molecule has 0 aliphatic rings. The van der Waals surface area contributed by atoms with Crippen LogP contribution in [-0.4, -0.2) is 28.4 Å². The van der Waals surface area contributed by atoms with E-state index in [1.165, 1.54) is 4.57 Å². The van der Waals surface area contributed by atoms with Gasteiger partial charge in [0.25, 0.3) is 0 Å². The number of carbonyl (C=O) groups is 1. The molecular formula is C30H27ClIN3O3. The van der Waals surface area contributed by atoms with Crippen molar-refractivity contribution in [2.45, 2.75) is 32.9 Å². The monoisotopic (exact) mass is 639 g/mol. The number of aromatic nitrogens is 2. The molecule has 5 aromatic rings. The topological polar surface area (TPSA) is 65.4 Å². The Labute approximate surface area is 240 Å². The first-order chi connectivity index (χ1) is 18.1. The van der Waals surface area contributed by atoms with Crippen molar-refractivity contribution in [2.75, 3.05) is 12.4 Å². The quantitative estimate of drug-likeness (QED) is 0.195. The number of hydrogen-bond acceptors (Lipinski definition) is 5. The highest BCUT2D eigenvalue weighted by molar-refractivity contribution is 14.1. The first kappa shape index (κ1) is 26.3. The second-order valence-electron chi connectivity index (χ2n) is 9.96. The van der Waals surface area contributed by atoms with E-state index in [1.807, 2.05) is 69.3 Å². The van der Waals surface area contributed by atoms with Crippen LogP contribution in [0.5, 0.6) is 5.75 Å². The summed E-state index contributed by atoms with van der Waals surface area (Å²) in [4.78, 5) is 18.1. The van der Waals surface area contributed by atoms with Crippen LogP contribution in [0.4, 0.5) is 10.5 Å². The number of hydrogen-bond donors (Lipinski definition) is 1. The lowest BCUT2D eigenvalue weighted by atomic mass is 10.0. The van der Waals surface area contributed by atoms with Crippen molar-refractivity contribution in [3.63, 3.8) is 0 Å². The van der Waals surface area contributed by atoms with Crippen molar-refractivity contribution in [1.29, 1.82) is 0 Å². The molecular weight excluding hydrogens is 613 g/mol. The Morgan fingerprint density at radius 2 is 1.79 bits per heavy atom. The van der Waals surface area contributed by atoms with Gasteiger partial charge in [0.15, 0.2) is 0 Å². The molecule has 2 aromatic heterocycles. The normalized spacial score (nSPS) is 11.6. The molecule has 0 atom stereocenters. The van der Waals surface area contributed by atoms with Crippen LogP contribution in [0.15, 0.2) is 72.9 Å². The van der Waals surface area contributed by atoms with E-state index in [4.69, 9.17) is 26.1 Å². The molecule has 38 heavy (non-hydrogen) atoms. The van der Waals surface area contributed by atoms with Gasteiger partial charge in [0.1, 0.15) is 11.4 Å². The van der Waals surface area contributed by atoms with E-state index in [1.54, 1.807) is 19.4 Å². The van der Waals surface area contributed by atoms with Gasteiger partial charge in [0.2, 0.25) is 0 Å². The van der Waals surface area contributed by atoms with Crippen LogP contribution in [-0.2, 0) is 11.3 Å². The first-order valence-electron chi connectivity index (χ1n) is 12.1. The lowest BCUT2D eigenvalue weighted by Crippen LogP contribution is -2.26. The Hall–Kier alpha value is -3.30. The smallest absolute Gasteiger partial charge is 0.419 e. The number of halogens is 2. The number of fused-ring (bicyclic) bond motifs is 2. The molecule has 1 N–H and O–H groups in total. The summed E-state index contributed by atoms with van der Waals surface area (Å²) in [5, 5.41) is 5.99. The van der Waals surface area contributed by atoms with E-state index in [0.717, 1.165) is 48.1 Å². The van der Waals surface area contributed by atoms with Crippen LogP contribution in [0.1, 0.15) is 26.3 Å². The van der Waals surface area contributed by atoms with Gasteiger partial charge in [0.05, 0.1) is 23.8 Å². The first-order valence-corrected chi connectivity index (χ1v) is 13.6. The molecule has 0 saturated carbocycles. The molecule has 0 saturated heterocycles. The largest absolute Gasteiger partial charge is 0.497 e. The summed E-state index contributed by atoms with van der Waals surface area (Å²) in [7, 11) is 1.65. The molecule has 0 aliphatic carbocycles. The number of benzene rings is 3. The van der Waals surface area contributed by atoms with E-state index >= 15 is 0 Å². The predicted octanol–water partition coefficient (Wildman–Crippen LogP) is 8.52. The predicted molar refractivity (Wildman–Crippen MR) is 162 cm³/mol. The fourth-order valence-electron chi connectivity index (χ4n) is 4.33. The molecule has 6 nitrogen and oxygen atoms in total. The highest BCUT2D eigenvalue weighted by atomic mass is 127. The van der Waals surface area contributed by atoms with Crippen molar-refractivity contribution in [3.8, 4) is 17.0 Å². The van der Waals surface area contributed by atoms with Crippen molar-refractivity contribution in [1.82, 2.24) is 9.55 Å². The summed E-state index contributed by atoms with van der Waals surface area (Å²) < 4.78 is 13.6. The van der Waals surface area contributed by atoms with Gasteiger partial charge in [-0.2, -0.15) is 0 Å². The Balaban J connectivity index is 1.62. The van der Waals surface area contributed by atoms with Crippen molar-refractivity contribution < 1.29 is 14.3 Å². The fraction of sp³-hybridized carbons (Fsp3) is 0.200. The minimum atomic E-state index is -0.626. The number of anilines is 1. The third-order valence-corrected chi connectivity index (χ3v) is 6.97. The average Bonchev–Trinajstić information content (AvgIpc) is 3.25. The summed E-state index contributed by atoms with van der Waals surface area (Å²) in [6.45, 7) is 6.14. The van der Waals surface area contributed by atoms with Gasteiger partial charge in [0, 0.05) is 43.4 Å². The summed E-state index contributed by atoms with van der Waals surface area (Å²) in [5.74, 6) is 0.807. The van der Waals surface area contributed by atoms with E-state index < -0.39 is 11.7 Å². The number of carbonyl (C=O) groups excluding carboxylic acids is 1. The Morgan fingerprint density at radius 3 is 2.50 bits per heavy atom. The number of methoxy groups -OCH3 is 1. The van der Waals surface area contributed by atoms with E-state index in [-0.39, 0.29) is 0 Å². The zero-order chi connectivity index (χ0) is 27.0. The second-order valence-corrected chi connectivity index (χ2v) is 11.6. The van der Waals surface area contributed by atoms with Gasteiger partial charge in [-0.3, -0.25) is 4.57 Å². The van der Waals surface area contributed by atoms with Gasteiger partial charge >= 0.3 is 6.09 Å². The third-order valence-electron chi connectivity index (χ3n) is 6.06. The molecule has 0 bridgehead atoms. The highest BCUT2D eigenvalue weighted by Gasteiger charge is 2.22. The summed E-state index contributed by atoms with van der Waals surface area (Å²) in [6, 6.07) is 21.6. The SMILES string of the molecule is COc1ccc(NCc2cc(-c3cn(C(=O)OC(C)(C)C)c4ccc(Cl)cc34)nc3ccc(I)cc23)cc1. The summed E-state index contributed by atoms with van der Waals surface area (Å²) >= 11 is 8.71. The Morgan fingerprint density at radius 1 is 1.03 bits per heavy atom. The molecule has 194 valence electrons. The molecule has 0 amide bonds. The lowest BCUT2D eigenvalue weighted by molar-refractivity contribution is 0.0544.